The number of nitrogens with one attached hydrogen (secondary N) is 1. The average molecular weight is 442 g/mol. The second kappa shape index (κ2) is 8.22. The molecule has 31 heavy (non-hydrogen) atoms. The van der Waals surface area contributed by atoms with Crippen molar-refractivity contribution in [2.45, 2.75) is 31.2 Å². The van der Waals surface area contributed by atoms with Gasteiger partial charge in [0.25, 0.3) is 0 Å². The smallest absolute Gasteiger partial charge is 0.240 e. The summed E-state index contributed by atoms with van der Waals surface area (Å²) < 4.78 is 35.3. The number of benzene rings is 2. The Morgan fingerprint density at radius 2 is 1.90 bits per heavy atom. The van der Waals surface area contributed by atoms with E-state index in [1.807, 2.05) is 31.2 Å². The van der Waals surface area contributed by atoms with E-state index in [1.54, 1.807) is 17.5 Å². The van der Waals surface area contributed by atoms with Crippen molar-refractivity contribution in [3.63, 3.8) is 0 Å². The fraction of sp³-hybridized carbons (Fsp3) is 0.286. The molecule has 0 fully saturated rings. The molecule has 10 heteroatoms. The van der Waals surface area contributed by atoms with Crippen molar-refractivity contribution in [2.75, 3.05) is 13.7 Å². The van der Waals surface area contributed by atoms with Gasteiger partial charge in [-0.3, -0.25) is 0 Å². The van der Waals surface area contributed by atoms with E-state index in [0.717, 1.165) is 16.5 Å². The first-order valence-corrected chi connectivity index (χ1v) is 11.3. The zero-order chi connectivity index (χ0) is 22.2. The van der Waals surface area contributed by atoms with Crippen LogP contribution in [0.3, 0.4) is 0 Å². The molecule has 0 saturated carbocycles. The maximum atomic E-state index is 12.9. The largest absolute Gasteiger partial charge is 0.496 e. The minimum atomic E-state index is -3.86. The molecule has 162 valence electrons. The molecule has 0 unspecified atom stereocenters. The maximum absolute atomic E-state index is 12.9. The van der Waals surface area contributed by atoms with E-state index < -0.39 is 16.1 Å². The summed E-state index contributed by atoms with van der Waals surface area (Å²) in [5.41, 5.74) is 1.80. The lowest BCUT2D eigenvalue weighted by Gasteiger charge is -2.15. The summed E-state index contributed by atoms with van der Waals surface area (Å²) in [6.45, 7) is 3.40. The number of methoxy groups -OCH3 is 1. The average Bonchev–Trinajstić information content (AvgIpc) is 3.21. The number of aliphatic hydroxyl groups is 1. The zero-order valence-electron chi connectivity index (χ0n) is 17.4. The van der Waals surface area contributed by atoms with E-state index >= 15 is 0 Å². The van der Waals surface area contributed by atoms with Crippen molar-refractivity contribution in [3.8, 4) is 17.1 Å². The molecule has 4 aromatic rings. The number of aromatic nitrogens is 4. The SMILES string of the molecule is CC[C@@H](CO)NS(=O)(=O)c1ccc(OC)c(-c2nnc3c4ccccc4c(C)nn23)c1. The Bertz CT molecular complexity index is 1360. The van der Waals surface area contributed by atoms with Gasteiger partial charge >= 0.3 is 0 Å². The first-order valence-electron chi connectivity index (χ1n) is 9.82. The van der Waals surface area contributed by atoms with Gasteiger partial charge in [0.2, 0.25) is 10.0 Å². The maximum Gasteiger partial charge on any atom is 0.240 e. The molecule has 2 aromatic heterocycles. The summed E-state index contributed by atoms with van der Waals surface area (Å²) in [6.07, 6.45) is 0.462. The summed E-state index contributed by atoms with van der Waals surface area (Å²) in [5.74, 6) is 0.807. The number of fused-ring (bicyclic) bond motifs is 3. The van der Waals surface area contributed by atoms with Crippen LogP contribution >= 0.6 is 0 Å². The minimum Gasteiger partial charge on any atom is -0.496 e. The van der Waals surface area contributed by atoms with Crippen LogP contribution in [-0.4, -0.2) is 53.1 Å². The summed E-state index contributed by atoms with van der Waals surface area (Å²) in [6, 6.07) is 11.7. The Labute approximate surface area is 179 Å². The Balaban J connectivity index is 1.90. The molecule has 0 spiro atoms. The first-order chi connectivity index (χ1) is 14.9. The van der Waals surface area contributed by atoms with Crippen LogP contribution in [0.15, 0.2) is 47.4 Å². The number of aliphatic hydroxyl groups excluding tert-OH is 1. The van der Waals surface area contributed by atoms with Gasteiger partial charge in [0.05, 0.1) is 29.9 Å². The third-order valence-electron chi connectivity index (χ3n) is 5.21. The molecule has 0 bridgehead atoms. The third-order valence-corrected chi connectivity index (χ3v) is 6.72. The van der Waals surface area contributed by atoms with Crippen LogP contribution in [0.1, 0.15) is 19.0 Å². The van der Waals surface area contributed by atoms with Crippen LogP contribution in [0.5, 0.6) is 5.75 Å². The highest BCUT2D eigenvalue weighted by molar-refractivity contribution is 7.89. The first kappa shape index (κ1) is 21.2. The fourth-order valence-corrected chi connectivity index (χ4v) is 4.81. The molecule has 9 nitrogen and oxygen atoms in total. The lowest BCUT2D eigenvalue weighted by Crippen LogP contribution is -2.36. The molecular formula is C21H23N5O4S. The number of aryl methyl sites for hydroxylation is 1. The van der Waals surface area contributed by atoms with E-state index in [0.29, 0.717) is 29.2 Å². The molecule has 0 saturated heterocycles. The monoisotopic (exact) mass is 441 g/mol. The molecule has 4 rings (SSSR count). The van der Waals surface area contributed by atoms with Gasteiger partial charge in [0.15, 0.2) is 11.5 Å². The highest BCUT2D eigenvalue weighted by atomic mass is 32.2. The van der Waals surface area contributed by atoms with Crippen LogP contribution < -0.4 is 9.46 Å². The fourth-order valence-electron chi connectivity index (χ4n) is 3.47. The topological polar surface area (TPSA) is 119 Å². The number of sulfonamides is 1. The van der Waals surface area contributed by atoms with Crippen LogP contribution in [0.25, 0.3) is 27.8 Å². The van der Waals surface area contributed by atoms with Crippen LogP contribution in [0, 0.1) is 6.92 Å². The Morgan fingerprint density at radius 1 is 1.16 bits per heavy atom. The van der Waals surface area contributed by atoms with Crippen molar-refractivity contribution in [3.05, 3.63) is 48.2 Å². The van der Waals surface area contributed by atoms with E-state index in [9.17, 15) is 13.5 Å². The molecule has 2 aromatic carbocycles. The molecule has 0 aliphatic carbocycles. The molecule has 1 atom stereocenters. The van der Waals surface area contributed by atoms with Gasteiger partial charge in [-0.05, 0) is 31.5 Å². The Hall–Kier alpha value is -3.08. The predicted octanol–water partition coefficient (Wildman–Crippen LogP) is 2.31. The molecule has 2 N–H and O–H groups in total. The number of hydrogen-bond donors (Lipinski definition) is 2. The van der Waals surface area contributed by atoms with E-state index in [2.05, 4.69) is 20.0 Å². The molecular weight excluding hydrogens is 418 g/mol. The molecule has 0 aliphatic rings. The zero-order valence-corrected chi connectivity index (χ0v) is 18.2. The van der Waals surface area contributed by atoms with Crippen molar-refractivity contribution in [1.82, 2.24) is 24.5 Å². The number of rotatable bonds is 7. The summed E-state index contributed by atoms with van der Waals surface area (Å²) in [7, 11) is -2.36. The molecule has 0 amide bonds. The van der Waals surface area contributed by atoms with Crippen LogP contribution in [0.4, 0.5) is 0 Å². The van der Waals surface area contributed by atoms with Gasteiger partial charge in [0, 0.05) is 16.8 Å². The Morgan fingerprint density at radius 3 is 2.58 bits per heavy atom. The molecule has 0 radical (unpaired) electrons. The van der Waals surface area contributed by atoms with Gasteiger partial charge in [-0.25, -0.2) is 13.1 Å². The quantitative estimate of drug-likeness (QED) is 0.452. The lowest BCUT2D eigenvalue weighted by atomic mass is 10.1. The second-order valence-electron chi connectivity index (χ2n) is 7.16. The predicted molar refractivity (Wildman–Crippen MR) is 116 cm³/mol. The summed E-state index contributed by atoms with van der Waals surface area (Å²) in [5, 5.41) is 24.5. The summed E-state index contributed by atoms with van der Waals surface area (Å²) >= 11 is 0. The number of hydrogen-bond acceptors (Lipinski definition) is 7. The van der Waals surface area contributed by atoms with Crippen molar-refractivity contribution < 1.29 is 18.3 Å². The normalized spacial score (nSPS) is 13.0. The number of nitrogens with zero attached hydrogens (tertiary/aromatic N) is 4. The lowest BCUT2D eigenvalue weighted by molar-refractivity contribution is 0.254. The third kappa shape index (κ3) is 3.73. The van der Waals surface area contributed by atoms with E-state index in [4.69, 9.17) is 4.74 Å². The van der Waals surface area contributed by atoms with Gasteiger partial charge in [-0.2, -0.15) is 9.61 Å². The van der Waals surface area contributed by atoms with Crippen molar-refractivity contribution >= 4 is 26.4 Å². The summed E-state index contributed by atoms with van der Waals surface area (Å²) in [4.78, 5) is 0.0319. The van der Waals surface area contributed by atoms with Gasteiger partial charge in [0.1, 0.15) is 5.75 Å². The minimum absolute atomic E-state index is 0.0319. The standard InChI is InChI=1S/C21H23N5O4S/c1-4-14(12-27)25-31(28,29)15-9-10-19(30-3)18(11-15)21-23-22-20-17-8-6-5-7-16(17)13(2)24-26(20)21/h5-11,14,25,27H,4,12H2,1-3H3/t14-/m0/s1. The van der Waals surface area contributed by atoms with Gasteiger partial charge < -0.3 is 9.84 Å². The van der Waals surface area contributed by atoms with Crippen LogP contribution in [-0.2, 0) is 10.0 Å². The highest BCUT2D eigenvalue weighted by Crippen LogP contribution is 2.32. The van der Waals surface area contributed by atoms with E-state index in [1.165, 1.54) is 19.2 Å². The van der Waals surface area contributed by atoms with Crippen molar-refractivity contribution in [1.29, 1.82) is 0 Å². The van der Waals surface area contributed by atoms with Crippen molar-refractivity contribution in [2.24, 2.45) is 0 Å². The highest BCUT2D eigenvalue weighted by Gasteiger charge is 2.23. The van der Waals surface area contributed by atoms with E-state index in [-0.39, 0.29) is 11.5 Å². The number of ether oxygens (including phenoxy) is 1. The molecule has 0 aliphatic heterocycles. The van der Waals surface area contributed by atoms with Gasteiger partial charge in [-0.15, -0.1) is 10.2 Å². The molecule has 2 heterocycles. The van der Waals surface area contributed by atoms with Gasteiger partial charge in [-0.1, -0.05) is 31.2 Å². The second-order valence-corrected chi connectivity index (χ2v) is 8.88. The van der Waals surface area contributed by atoms with Crippen LogP contribution in [0.2, 0.25) is 0 Å². The Kier molecular flexibility index (Phi) is 5.61.